The number of benzene rings is 1. The summed E-state index contributed by atoms with van der Waals surface area (Å²) in [5.41, 5.74) is 6.67. The number of carbonyl (C=O) groups excluding carboxylic acids is 1. The second kappa shape index (κ2) is 6.20. The van der Waals surface area contributed by atoms with Crippen molar-refractivity contribution in [1.82, 2.24) is 0 Å². The fraction of sp³-hybridized carbons (Fsp3) is 0.562. The van der Waals surface area contributed by atoms with Crippen LogP contribution in [0, 0.1) is 5.41 Å². The van der Waals surface area contributed by atoms with E-state index < -0.39 is 0 Å². The third kappa shape index (κ3) is 5.03. The molecule has 1 rings (SSSR count). The Bertz CT molecular complexity index is 415. The number of ether oxygens (including phenoxy) is 1. The molecule has 0 aliphatic heterocycles. The van der Waals surface area contributed by atoms with Gasteiger partial charge in [-0.25, -0.2) is 0 Å². The molecule has 0 heterocycles. The summed E-state index contributed by atoms with van der Waals surface area (Å²) in [7, 11) is 0. The first-order valence-corrected chi connectivity index (χ1v) is 6.75. The number of rotatable bonds is 5. The molecule has 3 heteroatoms. The molecular formula is C16H25NO2. The number of Topliss-reactive ketones (excluding diaryl/α,β-unsaturated/α-hetero) is 1. The lowest BCUT2D eigenvalue weighted by molar-refractivity contribution is 0.0953. The van der Waals surface area contributed by atoms with Gasteiger partial charge in [0.15, 0.2) is 5.78 Å². The van der Waals surface area contributed by atoms with Gasteiger partial charge in [0.1, 0.15) is 5.75 Å². The van der Waals surface area contributed by atoms with Crippen molar-refractivity contribution in [2.75, 3.05) is 0 Å². The van der Waals surface area contributed by atoms with Crippen molar-refractivity contribution in [2.45, 2.75) is 53.2 Å². The molecule has 0 bridgehead atoms. The minimum atomic E-state index is -0.133. The highest BCUT2D eigenvalue weighted by atomic mass is 16.5. The summed E-state index contributed by atoms with van der Waals surface area (Å²) in [5, 5.41) is 0. The largest absolute Gasteiger partial charge is 0.491 e. The summed E-state index contributed by atoms with van der Waals surface area (Å²) in [6.07, 6.45) is 0.504. The Kier molecular flexibility index (Phi) is 5.12. The van der Waals surface area contributed by atoms with Crippen molar-refractivity contribution in [3.63, 3.8) is 0 Å². The van der Waals surface area contributed by atoms with E-state index in [1.807, 2.05) is 46.8 Å². The highest BCUT2D eigenvalue weighted by Gasteiger charge is 2.23. The number of hydrogen-bond donors (Lipinski definition) is 1. The van der Waals surface area contributed by atoms with Gasteiger partial charge >= 0.3 is 0 Å². The zero-order chi connectivity index (χ0) is 14.6. The van der Waals surface area contributed by atoms with Gasteiger partial charge in [0.25, 0.3) is 0 Å². The van der Waals surface area contributed by atoms with Crippen molar-refractivity contribution in [3.8, 4) is 5.75 Å². The second-order valence-electron chi connectivity index (χ2n) is 6.29. The Morgan fingerprint density at radius 2 is 1.74 bits per heavy atom. The van der Waals surface area contributed by atoms with Crippen LogP contribution in [-0.2, 0) is 0 Å². The van der Waals surface area contributed by atoms with Crippen LogP contribution >= 0.6 is 0 Å². The van der Waals surface area contributed by atoms with Crippen LogP contribution in [0.1, 0.15) is 51.4 Å². The second-order valence-corrected chi connectivity index (χ2v) is 6.29. The molecule has 0 spiro atoms. The summed E-state index contributed by atoms with van der Waals surface area (Å²) in [5.74, 6) is 0.866. The normalized spacial score (nSPS) is 13.4. The van der Waals surface area contributed by atoms with Crippen molar-refractivity contribution < 1.29 is 9.53 Å². The maximum absolute atomic E-state index is 12.1. The minimum Gasteiger partial charge on any atom is -0.491 e. The first-order chi connectivity index (χ1) is 8.70. The van der Waals surface area contributed by atoms with Gasteiger partial charge < -0.3 is 10.5 Å². The first-order valence-electron chi connectivity index (χ1n) is 6.75. The van der Waals surface area contributed by atoms with Crippen LogP contribution in [0.25, 0.3) is 0 Å². The zero-order valence-corrected chi connectivity index (χ0v) is 12.6. The quantitative estimate of drug-likeness (QED) is 0.828. The summed E-state index contributed by atoms with van der Waals surface area (Å²) < 4.78 is 5.55. The lowest BCUT2D eigenvalue weighted by Gasteiger charge is -2.26. The Morgan fingerprint density at radius 1 is 1.21 bits per heavy atom. The van der Waals surface area contributed by atoms with E-state index in [9.17, 15) is 4.79 Å². The molecular weight excluding hydrogens is 238 g/mol. The highest BCUT2D eigenvalue weighted by Crippen LogP contribution is 2.22. The van der Waals surface area contributed by atoms with Gasteiger partial charge in [0, 0.05) is 18.0 Å². The molecule has 1 unspecified atom stereocenters. The molecule has 0 aliphatic rings. The zero-order valence-electron chi connectivity index (χ0n) is 12.6. The van der Waals surface area contributed by atoms with E-state index >= 15 is 0 Å². The van der Waals surface area contributed by atoms with Crippen LogP contribution in [0.2, 0.25) is 0 Å². The Hall–Kier alpha value is -1.35. The van der Waals surface area contributed by atoms with Gasteiger partial charge in [-0.3, -0.25) is 4.79 Å². The van der Waals surface area contributed by atoms with E-state index in [0.29, 0.717) is 12.0 Å². The fourth-order valence-corrected chi connectivity index (χ4v) is 1.62. The van der Waals surface area contributed by atoms with Gasteiger partial charge in [-0.15, -0.1) is 0 Å². The Balaban J connectivity index is 2.68. The molecule has 0 saturated heterocycles. The first kappa shape index (κ1) is 15.7. The lowest BCUT2D eigenvalue weighted by Crippen LogP contribution is -2.36. The molecule has 0 fully saturated rings. The molecule has 0 radical (unpaired) electrons. The molecule has 106 valence electrons. The average molecular weight is 263 g/mol. The molecule has 2 N–H and O–H groups in total. The highest BCUT2D eigenvalue weighted by molar-refractivity contribution is 5.96. The van der Waals surface area contributed by atoms with Gasteiger partial charge in [-0.05, 0) is 43.5 Å². The summed E-state index contributed by atoms with van der Waals surface area (Å²) in [6.45, 7) is 10.1. The van der Waals surface area contributed by atoms with Crippen molar-refractivity contribution >= 4 is 5.78 Å². The van der Waals surface area contributed by atoms with E-state index in [2.05, 4.69) is 0 Å². The fourth-order valence-electron chi connectivity index (χ4n) is 1.62. The topological polar surface area (TPSA) is 52.3 Å². The SMILES string of the molecule is CC(C)Oc1ccc(C(=O)CC(N)C(C)(C)C)cc1. The number of carbonyl (C=O) groups is 1. The Morgan fingerprint density at radius 3 is 2.16 bits per heavy atom. The molecule has 19 heavy (non-hydrogen) atoms. The van der Waals surface area contributed by atoms with Crippen molar-refractivity contribution in [3.05, 3.63) is 29.8 Å². The van der Waals surface area contributed by atoms with E-state index in [4.69, 9.17) is 10.5 Å². The van der Waals surface area contributed by atoms with E-state index in [-0.39, 0.29) is 23.3 Å². The smallest absolute Gasteiger partial charge is 0.164 e. The molecule has 1 aromatic rings. The predicted molar refractivity (Wildman–Crippen MR) is 78.6 cm³/mol. The van der Waals surface area contributed by atoms with E-state index in [0.717, 1.165) is 5.75 Å². The van der Waals surface area contributed by atoms with Crippen molar-refractivity contribution in [1.29, 1.82) is 0 Å². The van der Waals surface area contributed by atoms with Crippen LogP contribution in [0.5, 0.6) is 5.75 Å². The van der Waals surface area contributed by atoms with Crippen LogP contribution in [0.4, 0.5) is 0 Å². The third-order valence-electron chi connectivity index (χ3n) is 3.07. The predicted octanol–water partition coefficient (Wildman–Crippen LogP) is 3.42. The molecule has 1 aromatic carbocycles. The molecule has 0 saturated carbocycles. The van der Waals surface area contributed by atoms with E-state index in [1.54, 1.807) is 12.1 Å². The van der Waals surface area contributed by atoms with Crippen LogP contribution in [-0.4, -0.2) is 17.9 Å². The minimum absolute atomic E-state index is 0.0592. The lowest BCUT2D eigenvalue weighted by atomic mass is 9.84. The molecule has 0 aliphatic carbocycles. The maximum atomic E-state index is 12.1. The molecule has 1 atom stereocenters. The standard InChI is InChI=1S/C16H25NO2/c1-11(2)19-13-8-6-12(7-9-13)14(18)10-15(17)16(3,4)5/h6-9,11,15H,10,17H2,1-5H3. The van der Waals surface area contributed by atoms with Gasteiger partial charge in [-0.2, -0.15) is 0 Å². The number of ketones is 1. The number of hydrogen-bond acceptors (Lipinski definition) is 3. The van der Waals surface area contributed by atoms with Crippen LogP contribution < -0.4 is 10.5 Å². The maximum Gasteiger partial charge on any atom is 0.164 e. The summed E-state index contributed by atoms with van der Waals surface area (Å²) in [6, 6.07) is 7.13. The molecule has 3 nitrogen and oxygen atoms in total. The monoisotopic (exact) mass is 263 g/mol. The van der Waals surface area contributed by atoms with Gasteiger partial charge in [0.2, 0.25) is 0 Å². The molecule has 0 aromatic heterocycles. The van der Waals surface area contributed by atoms with Gasteiger partial charge in [0.05, 0.1) is 6.10 Å². The van der Waals surface area contributed by atoms with Crippen molar-refractivity contribution in [2.24, 2.45) is 11.1 Å². The Labute approximate surface area is 116 Å². The number of nitrogens with two attached hydrogens (primary N) is 1. The average Bonchev–Trinajstić information content (AvgIpc) is 2.27. The van der Waals surface area contributed by atoms with Crippen LogP contribution in [0.3, 0.4) is 0 Å². The summed E-state index contributed by atoms with van der Waals surface area (Å²) >= 11 is 0. The van der Waals surface area contributed by atoms with Gasteiger partial charge in [-0.1, -0.05) is 20.8 Å². The molecule has 0 amide bonds. The summed E-state index contributed by atoms with van der Waals surface area (Å²) in [4.78, 5) is 12.1. The van der Waals surface area contributed by atoms with Crippen LogP contribution in [0.15, 0.2) is 24.3 Å². The third-order valence-corrected chi connectivity index (χ3v) is 3.07. The van der Waals surface area contributed by atoms with E-state index in [1.165, 1.54) is 0 Å².